The number of carbonyl (C=O) groups is 2. The Hall–Kier alpha value is -3.30. The molecule has 0 aliphatic rings. The Bertz CT molecular complexity index is 801. The van der Waals surface area contributed by atoms with E-state index in [1.165, 1.54) is 34.0 Å². The van der Waals surface area contributed by atoms with Crippen LogP contribution < -0.4 is 0 Å². The summed E-state index contributed by atoms with van der Waals surface area (Å²) in [6.07, 6.45) is 1.18. The van der Waals surface area contributed by atoms with E-state index in [0.717, 1.165) is 0 Å². The van der Waals surface area contributed by atoms with Crippen molar-refractivity contribution in [3.8, 4) is 5.69 Å². The van der Waals surface area contributed by atoms with Gasteiger partial charge in [-0.2, -0.15) is 0 Å². The van der Waals surface area contributed by atoms with Crippen LogP contribution in [0.5, 0.6) is 0 Å². The van der Waals surface area contributed by atoms with E-state index < -0.39 is 16.8 Å². The number of nitrogens with zero attached hydrogens (tertiary/aromatic N) is 5. The zero-order valence-corrected chi connectivity index (χ0v) is 13.7. The lowest BCUT2D eigenvalue weighted by Crippen LogP contribution is -2.38. The highest BCUT2D eigenvalue weighted by molar-refractivity contribution is 5.92. The second kappa shape index (κ2) is 7.51. The van der Waals surface area contributed by atoms with Crippen LogP contribution in [0.25, 0.3) is 5.69 Å². The number of carbonyl (C=O) groups excluding carboxylic acids is 1. The van der Waals surface area contributed by atoms with Gasteiger partial charge in [0.15, 0.2) is 5.69 Å². The van der Waals surface area contributed by atoms with Crippen molar-refractivity contribution in [1.29, 1.82) is 0 Å². The second-order valence-electron chi connectivity index (χ2n) is 5.56. The smallest absolute Gasteiger partial charge is 0.305 e. The predicted molar refractivity (Wildman–Crippen MR) is 86.4 cm³/mol. The standard InChI is InChI=1S/C15H17N5O5/c1-10(2)18(7-6-14(21)22)15(23)13-9-19(17-16-13)11-4-3-5-12(8-11)20(24)25/h3-5,8-10H,6-7H2,1-2H3,(H,21,22). The average Bonchev–Trinajstić information content (AvgIpc) is 3.04. The molecule has 0 radical (unpaired) electrons. The van der Waals surface area contributed by atoms with Crippen LogP contribution in [0.3, 0.4) is 0 Å². The van der Waals surface area contributed by atoms with Gasteiger partial charge >= 0.3 is 5.97 Å². The Morgan fingerprint density at radius 2 is 2.12 bits per heavy atom. The minimum absolute atomic E-state index is 0.0330. The molecule has 0 saturated heterocycles. The fraction of sp³-hybridized carbons (Fsp3) is 0.333. The fourth-order valence-corrected chi connectivity index (χ4v) is 2.19. The third-order valence-electron chi connectivity index (χ3n) is 3.47. The van der Waals surface area contributed by atoms with Crippen LogP contribution in [0.15, 0.2) is 30.5 Å². The molecule has 1 N–H and O–H groups in total. The molecule has 132 valence electrons. The maximum absolute atomic E-state index is 12.5. The molecule has 0 spiro atoms. The molecule has 0 fully saturated rings. The first kappa shape index (κ1) is 18.0. The molecule has 1 heterocycles. The summed E-state index contributed by atoms with van der Waals surface area (Å²) >= 11 is 0. The first-order valence-electron chi connectivity index (χ1n) is 7.49. The van der Waals surface area contributed by atoms with Crippen molar-refractivity contribution in [2.24, 2.45) is 0 Å². The molecule has 2 rings (SSSR count). The van der Waals surface area contributed by atoms with Gasteiger partial charge in [-0.1, -0.05) is 11.3 Å². The van der Waals surface area contributed by atoms with Crippen molar-refractivity contribution in [2.75, 3.05) is 6.54 Å². The van der Waals surface area contributed by atoms with E-state index in [0.29, 0.717) is 5.69 Å². The maximum Gasteiger partial charge on any atom is 0.305 e. The van der Waals surface area contributed by atoms with Crippen molar-refractivity contribution in [3.63, 3.8) is 0 Å². The van der Waals surface area contributed by atoms with Gasteiger partial charge in [0, 0.05) is 24.7 Å². The van der Waals surface area contributed by atoms with E-state index >= 15 is 0 Å². The van der Waals surface area contributed by atoms with Crippen LogP contribution in [-0.4, -0.2) is 54.4 Å². The Labute approximate surface area is 142 Å². The highest BCUT2D eigenvalue weighted by Crippen LogP contribution is 2.16. The number of aliphatic carboxylic acids is 1. The summed E-state index contributed by atoms with van der Waals surface area (Å²) in [4.78, 5) is 35.0. The molecule has 2 aromatic rings. The number of hydrogen-bond donors (Lipinski definition) is 1. The Morgan fingerprint density at radius 3 is 2.72 bits per heavy atom. The predicted octanol–water partition coefficient (Wildman–Crippen LogP) is 1.50. The van der Waals surface area contributed by atoms with Crippen LogP contribution in [0, 0.1) is 10.1 Å². The van der Waals surface area contributed by atoms with Crippen LogP contribution >= 0.6 is 0 Å². The number of rotatable bonds is 7. The molecule has 1 aromatic carbocycles. The highest BCUT2D eigenvalue weighted by atomic mass is 16.6. The van der Waals surface area contributed by atoms with Gasteiger partial charge in [0.25, 0.3) is 11.6 Å². The molecule has 10 nitrogen and oxygen atoms in total. The molecule has 0 saturated carbocycles. The fourth-order valence-electron chi connectivity index (χ4n) is 2.19. The summed E-state index contributed by atoms with van der Waals surface area (Å²) in [7, 11) is 0. The molecular formula is C15H17N5O5. The van der Waals surface area contributed by atoms with E-state index in [1.54, 1.807) is 19.9 Å². The molecular weight excluding hydrogens is 330 g/mol. The first-order chi connectivity index (χ1) is 11.8. The van der Waals surface area contributed by atoms with E-state index in [9.17, 15) is 19.7 Å². The number of carboxylic acids is 1. The Morgan fingerprint density at radius 1 is 1.40 bits per heavy atom. The monoisotopic (exact) mass is 347 g/mol. The molecule has 1 amide bonds. The van der Waals surface area contributed by atoms with Crippen LogP contribution in [0.4, 0.5) is 5.69 Å². The van der Waals surface area contributed by atoms with Crippen molar-refractivity contribution < 1.29 is 19.6 Å². The lowest BCUT2D eigenvalue weighted by molar-refractivity contribution is -0.384. The van der Waals surface area contributed by atoms with E-state index in [4.69, 9.17) is 5.11 Å². The van der Waals surface area contributed by atoms with Crippen molar-refractivity contribution in [2.45, 2.75) is 26.3 Å². The minimum Gasteiger partial charge on any atom is -0.481 e. The van der Waals surface area contributed by atoms with Crippen LogP contribution in [-0.2, 0) is 4.79 Å². The Balaban J connectivity index is 2.24. The van der Waals surface area contributed by atoms with Gasteiger partial charge in [0.1, 0.15) is 0 Å². The van der Waals surface area contributed by atoms with Gasteiger partial charge in [-0.25, -0.2) is 4.68 Å². The molecule has 0 atom stereocenters. The number of amides is 1. The molecule has 0 bridgehead atoms. The van der Waals surface area contributed by atoms with Crippen molar-refractivity contribution in [3.05, 3.63) is 46.3 Å². The zero-order chi connectivity index (χ0) is 18.6. The highest BCUT2D eigenvalue weighted by Gasteiger charge is 2.22. The number of benzene rings is 1. The number of aromatic nitrogens is 3. The summed E-state index contributed by atoms with van der Waals surface area (Å²) < 4.78 is 1.26. The van der Waals surface area contributed by atoms with Crippen molar-refractivity contribution >= 4 is 17.6 Å². The molecule has 25 heavy (non-hydrogen) atoms. The minimum atomic E-state index is -1.00. The quantitative estimate of drug-likeness (QED) is 0.593. The second-order valence-corrected chi connectivity index (χ2v) is 5.56. The largest absolute Gasteiger partial charge is 0.481 e. The SMILES string of the molecule is CC(C)N(CCC(=O)O)C(=O)c1cn(-c2cccc([N+](=O)[O-])c2)nn1. The number of carboxylic acid groups (broad SMARTS) is 1. The number of nitro benzene ring substituents is 1. The number of nitro groups is 1. The van der Waals surface area contributed by atoms with E-state index in [1.807, 2.05) is 0 Å². The third kappa shape index (κ3) is 4.37. The van der Waals surface area contributed by atoms with Gasteiger partial charge in [-0.05, 0) is 19.9 Å². The summed E-state index contributed by atoms with van der Waals surface area (Å²) in [6, 6.07) is 5.55. The maximum atomic E-state index is 12.5. The third-order valence-corrected chi connectivity index (χ3v) is 3.47. The van der Waals surface area contributed by atoms with Crippen LogP contribution in [0.2, 0.25) is 0 Å². The molecule has 0 aliphatic heterocycles. The lowest BCUT2D eigenvalue weighted by Gasteiger charge is -2.25. The normalized spacial score (nSPS) is 10.7. The Kier molecular flexibility index (Phi) is 5.42. The zero-order valence-electron chi connectivity index (χ0n) is 13.7. The van der Waals surface area contributed by atoms with Gasteiger partial charge in [0.05, 0.1) is 23.2 Å². The van der Waals surface area contributed by atoms with Gasteiger partial charge < -0.3 is 10.0 Å². The van der Waals surface area contributed by atoms with Gasteiger partial charge in [-0.3, -0.25) is 19.7 Å². The van der Waals surface area contributed by atoms with E-state index in [-0.39, 0.29) is 30.4 Å². The molecule has 0 aliphatic carbocycles. The summed E-state index contributed by atoms with van der Waals surface area (Å²) in [6.45, 7) is 3.59. The lowest BCUT2D eigenvalue weighted by atomic mass is 10.2. The number of non-ortho nitro benzene ring substituents is 1. The average molecular weight is 347 g/mol. The molecule has 10 heteroatoms. The molecule has 0 unspecified atom stereocenters. The van der Waals surface area contributed by atoms with Crippen molar-refractivity contribution in [1.82, 2.24) is 19.9 Å². The molecule has 1 aromatic heterocycles. The van der Waals surface area contributed by atoms with Gasteiger partial charge in [-0.15, -0.1) is 5.10 Å². The summed E-state index contributed by atoms with van der Waals surface area (Å²) in [5.41, 5.74) is 0.319. The number of hydrogen-bond acceptors (Lipinski definition) is 6. The topological polar surface area (TPSA) is 131 Å². The summed E-state index contributed by atoms with van der Waals surface area (Å²) in [5, 5.41) is 27.3. The van der Waals surface area contributed by atoms with Crippen LogP contribution in [0.1, 0.15) is 30.8 Å². The van der Waals surface area contributed by atoms with E-state index in [2.05, 4.69) is 10.3 Å². The van der Waals surface area contributed by atoms with Gasteiger partial charge in [0.2, 0.25) is 0 Å². The summed E-state index contributed by atoms with van der Waals surface area (Å²) in [5.74, 6) is -1.45. The first-order valence-corrected chi connectivity index (χ1v) is 7.49.